The highest BCUT2D eigenvalue weighted by molar-refractivity contribution is 7.92. The predicted molar refractivity (Wildman–Crippen MR) is 113 cm³/mol. The van der Waals surface area contributed by atoms with E-state index in [0.717, 1.165) is 34.0 Å². The van der Waals surface area contributed by atoms with Crippen molar-refractivity contribution in [2.24, 2.45) is 5.10 Å². The Kier molecular flexibility index (Phi) is 7.34. The molecule has 0 aromatic heterocycles. The first-order chi connectivity index (χ1) is 13.3. The van der Waals surface area contributed by atoms with Crippen LogP contribution in [0, 0.1) is 13.8 Å². The van der Waals surface area contributed by atoms with E-state index in [4.69, 9.17) is 0 Å². The number of hydrazone groups is 1. The van der Waals surface area contributed by atoms with Gasteiger partial charge in [-0.05, 0) is 50.5 Å². The topological polar surface area (TPSA) is 78.8 Å². The van der Waals surface area contributed by atoms with Crippen LogP contribution in [0.25, 0.3) is 0 Å². The molecule has 0 aliphatic carbocycles. The summed E-state index contributed by atoms with van der Waals surface area (Å²) >= 11 is 0. The Morgan fingerprint density at radius 1 is 1.04 bits per heavy atom. The van der Waals surface area contributed by atoms with Gasteiger partial charge in [0.25, 0.3) is 15.9 Å². The van der Waals surface area contributed by atoms with E-state index in [1.165, 1.54) is 12.1 Å². The fraction of sp³-hybridized carbons (Fsp3) is 0.333. The lowest BCUT2D eigenvalue weighted by atomic mass is 10.1. The van der Waals surface area contributed by atoms with Crippen molar-refractivity contribution >= 4 is 27.3 Å². The zero-order chi connectivity index (χ0) is 20.7. The van der Waals surface area contributed by atoms with Gasteiger partial charge in [-0.25, -0.2) is 13.8 Å². The van der Waals surface area contributed by atoms with Crippen molar-refractivity contribution in [1.29, 1.82) is 0 Å². The quantitative estimate of drug-likeness (QED) is 0.540. The first-order valence-electron chi connectivity index (χ1n) is 9.28. The first kappa shape index (κ1) is 21.6. The molecule has 0 fully saturated rings. The molecule has 2 aromatic rings. The molecule has 1 amide bonds. The number of rotatable bonds is 8. The molecule has 2 rings (SSSR count). The molecule has 0 saturated heterocycles. The summed E-state index contributed by atoms with van der Waals surface area (Å²) in [4.78, 5) is 12.6. The normalized spacial score (nSPS) is 11.0. The maximum atomic E-state index is 13.3. The van der Waals surface area contributed by atoms with E-state index in [0.29, 0.717) is 5.69 Å². The summed E-state index contributed by atoms with van der Waals surface area (Å²) in [5.74, 6) is -0.487. The number of hydrogen-bond donors (Lipinski definition) is 1. The van der Waals surface area contributed by atoms with E-state index in [2.05, 4.69) is 10.5 Å². The monoisotopic (exact) mass is 401 g/mol. The van der Waals surface area contributed by atoms with E-state index in [1.54, 1.807) is 24.3 Å². The number of sulfonamides is 1. The van der Waals surface area contributed by atoms with Crippen LogP contribution in [-0.2, 0) is 14.8 Å². The SMILES string of the molecule is CCC(CC)=NNC(=O)CN(c1ccc(C)cc1C)S(=O)(=O)c1ccccc1. The number of carbonyl (C=O) groups is 1. The summed E-state index contributed by atoms with van der Waals surface area (Å²) in [6.45, 7) is 7.32. The molecule has 0 radical (unpaired) electrons. The molecule has 0 aliphatic rings. The van der Waals surface area contributed by atoms with Crippen molar-refractivity contribution in [2.45, 2.75) is 45.4 Å². The van der Waals surface area contributed by atoms with Crippen LogP contribution in [0.2, 0.25) is 0 Å². The van der Waals surface area contributed by atoms with Gasteiger partial charge >= 0.3 is 0 Å². The van der Waals surface area contributed by atoms with Gasteiger partial charge in [-0.2, -0.15) is 5.10 Å². The highest BCUT2D eigenvalue weighted by Gasteiger charge is 2.28. The number of hydrogen-bond acceptors (Lipinski definition) is 4. The highest BCUT2D eigenvalue weighted by atomic mass is 32.2. The third-order valence-corrected chi connectivity index (χ3v) is 6.17. The van der Waals surface area contributed by atoms with E-state index in [9.17, 15) is 13.2 Å². The van der Waals surface area contributed by atoms with E-state index >= 15 is 0 Å². The molecule has 6 nitrogen and oxygen atoms in total. The summed E-state index contributed by atoms with van der Waals surface area (Å²) in [5, 5.41) is 4.09. The number of nitrogens with one attached hydrogen (secondary N) is 1. The minimum atomic E-state index is -3.91. The predicted octanol–water partition coefficient (Wildman–Crippen LogP) is 3.79. The summed E-state index contributed by atoms with van der Waals surface area (Å²) in [7, 11) is -3.91. The van der Waals surface area contributed by atoms with Crippen molar-refractivity contribution in [3.63, 3.8) is 0 Å². The molecule has 0 heterocycles. The minimum absolute atomic E-state index is 0.133. The molecule has 0 unspecified atom stereocenters. The van der Waals surface area contributed by atoms with Crippen LogP contribution in [0.1, 0.15) is 37.8 Å². The number of benzene rings is 2. The Morgan fingerprint density at radius 3 is 2.25 bits per heavy atom. The van der Waals surface area contributed by atoms with Crippen molar-refractivity contribution in [3.8, 4) is 0 Å². The number of anilines is 1. The second-order valence-corrected chi connectivity index (χ2v) is 8.40. The third-order valence-electron chi connectivity index (χ3n) is 4.39. The Balaban J connectivity index is 2.42. The largest absolute Gasteiger partial charge is 0.271 e. The highest BCUT2D eigenvalue weighted by Crippen LogP contribution is 2.27. The van der Waals surface area contributed by atoms with Gasteiger partial charge in [0.15, 0.2) is 0 Å². The van der Waals surface area contributed by atoms with Gasteiger partial charge in [-0.3, -0.25) is 9.10 Å². The van der Waals surface area contributed by atoms with Crippen LogP contribution in [0.5, 0.6) is 0 Å². The van der Waals surface area contributed by atoms with Gasteiger partial charge < -0.3 is 0 Å². The van der Waals surface area contributed by atoms with Crippen LogP contribution in [0.15, 0.2) is 58.5 Å². The van der Waals surface area contributed by atoms with Crippen LogP contribution in [-0.4, -0.2) is 26.6 Å². The number of carbonyl (C=O) groups excluding carboxylic acids is 1. The second-order valence-electron chi connectivity index (χ2n) is 6.53. The van der Waals surface area contributed by atoms with E-state index in [-0.39, 0.29) is 11.4 Å². The maximum Gasteiger partial charge on any atom is 0.264 e. The van der Waals surface area contributed by atoms with E-state index < -0.39 is 15.9 Å². The molecule has 0 saturated carbocycles. The standard InChI is InChI=1S/C21H27N3O3S/c1-5-18(6-2)22-23-21(25)15-24(20-13-12-16(3)14-17(20)4)28(26,27)19-10-8-7-9-11-19/h7-14H,5-6,15H2,1-4H3,(H,23,25). The van der Waals surface area contributed by atoms with Crippen LogP contribution < -0.4 is 9.73 Å². The van der Waals surface area contributed by atoms with Crippen LogP contribution in [0.3, 0.4) is 0 Å². The average Bonchev–Trinajstić information content (AvgIpc) is 2.68. The van der Waals surface area contributed by atoms with E-state index in [1.807, 2.05) is 39.8 Å². The molecule has 0 atom stereocenters. The van der Waals surface area contributed by atoms with Gasteiger partial charge in [0.1, 0.15) is 6.54 Å². The van der Waals surface area contributed by atoms with Gasteiger partial charge in [0.2, 0.25) is 0 Å². The molecule has 0 bridgehead atoms. The summed E-state index contributed by atoms with van der Waals surface area (Å²) in [5.41, 5.74) is 5.59. The molecule has 7 heteroatoms. The van der Waals surface area contributed by atoms with Crippen LogP contribution >= 0.6 is 0 Å². The zero-order valence-corrected chi connectivity index (χ0v) is 17.6. The zero-order valence-electron chi connectivity index (χ0n) is 16.8. The smallest absolute Gasteiger partial charge is 0.264 e. The van der Waals surface area contributed by atoms with Gasteiger partial charge in [0.05, 0.1) is 10.6 Å². The molecular weight excluding hydrogens is 374 g/mol. The lowest BCUT2D eigenvalue weighted by molar-refractivity contribution is -0.119. The number of aryl methyl sites for hydroxylation is 2. The Labute approximate surface area is 167 Å². The Bertz CT molecular complexity index is 948. The first-order valence-corrected chi connectivity index (χ1v) is 10.7. The number of nitrogens with zero attached hydrogens (tertiary/aromatic N) is 2. The fourth-order valence-electron chi connectivity index (χ4n) is 2.82. The van der Waals surface area contributed by atoms with Gasteiger partial charge in [0, 0.05) is 5.71 Å². The lowest BCUT2D eigenvalue weighted by Crippen LogP contribution is -2.40. The molecule has 1 N–H and O–H groups in total. The molecular formula is C21H27N3O3S. The van der Waals surface area contributed by atoms with Gasteiger partial charge in [-0.1, -0.05) is 49.7 Å². The molecule has 150 valence electrons. The second kappa shape index (κ2) is 9.50. The molecule has 2 aromatic carbocycles. The van der Waals surface area contributed by atoms with Crippen molar-refractivity contribution in [3.05, 3.63) is 59.7 Å². The summed E-state index contributed by atoms with van der Waals surface area (Å²) in [6, 6.07) is 13.6. The fourth-order valence-corrected chi connectivity index (χ4v) is 4.33. The third kappa shape index (κ3) is 5.19. The van der Waals surface area contributed by atoms with Crippen LogP contribution in [0.4, 0.5) is 5.69 Å². The summed E-state index contributed by atoms with van der Waals surface area (Å²) in [6.07, 6.45) is 1.44. The molecule has 28 heavy (non-hydrogen) atoms. The average molecular weight is 402 g/mol. The molecule has 0 aliphatic heterocycles. The van der Waals surface area contributed by atoms with Crippen molar-refractivity contribution in [1.82, 2.24) is 5.43 Å². The van der Waals surface area contributed by atoms with Crippen molar-refractivity contribution < 1.29 is 13.2 Å². The number of amides is 1. The summed E-state index contributed by atoms with van der Waals surface area (Å²) < 4.78 is 27.7. The van der Waals surface area contributed by atoms with Gasteiger partial charge in [-0.15, -0.1) is 0 Å². The molecule has 0 spiro atoms. The lowest BCUT2D eigenvalue weighted by Gasteiger charge is -2.25. The Morgan fingerprint density at radius 2 is 1.68 bits per heavy atom. The Hall–Kier alpha value is -2.67. The minimum Gasteiger partial charge on any atom is -0.271 e. The van der Waals surface area contributed by atoms with Crippen molar-refractivity contribution in [2.75, 3.05) is 10.8 Å². The maximum absolute atomic E-state index is 13.3.